The Bertz CT molecular complexity index is 942. The maximum Gasteiger partial charge on any atom is 0.263 e. The zero-order valence-corrected chi connectivity index (χ0v) is 17.5. The van der Waals surface area contributed by atoms with Gasteiger partial charge in [0.2, 0.25) is 0 Å². The largest absolute Gasteiger partial charge is 0.350 e. The zero-order valence-electron chi connectivity index (χ0n) is 16.0. The van der Waals surface area contributed by atoms with Crippen molar-refractivity contribution in [3.63, 3.8) is 0 Å². The Balaban J connectivity index is 2.32. The molecule has 0 radical (unpaired) electrons. The fourth-order valence-corrected chi connectivity index (χ4v) is 4.45. The van der Waals surface area contributed by atoms with E-state index < -0.39 is 10.0 Å². The lowest BCUT2D eigenvalue weighted by Gasteiger charge is -2.15. The van der Waals surface area contributed by atoms with Crippen molar-refractivity contribution in [2.75, 3.05) is 4.72 Å². The van der Waals surface area contributed by atoms with Gasteiger partial charge in [0, 0.05) is 11.6 Å². The highest BCUT2D eigenvalue weighted by atomic mass is 35.5. The molecule has 1 atom stereocenters. The van der Waals surface area contributed by atoms with E-state index in [2.05, 4.69) is 10.0 Å². The topological polar surface area (TPSA) is 75.3 Å². The van der Waals surface area contributed by atoms with Gasteiger partial charge in [0.1, 0.15) is 4.90 Å². The number of hydrogen-bond donors (Lipinski definition) is 2. The third-order valence-electron chi connectivity index (χ3n) is 4.21. The average Bonchev–Trinajstić information content (AvgIpc) is 2.57. The number of halogens is 1. The molecule has 2 rings (SSSR count). The number of aryl methyl sites for hydroxylation is 2. The van der Waals surface area contributed by atoms with Crippen molar-refractivity contribution < 1.29 is 13.2 Å². The fraction of sp³-hybridized carbons (Fsp3) is 0.350. The molecule has 0 saturated heterocycles. The maximum atomic E-state index is 12.8. The Labute approximate surface area is 166 Å². The summed E-state index contributed by atoms with van der Waals surface area (Å²) in [5.74, 6) is -0.324. The molecule has 0 aliphatic rings. The second-order valence-electron chi connectivity index (χ2n) is 6.73. The van der Waals surface area contributed by atoms with Gasteiger partial charge in [-0.15, -0.1) is 0 Å². The van der Waals surface area contributed by atoms with Crippen LogP contribution in [-0.2, 0) is 10.0 Å². The monoisotopic (exact) mass is 408 g/mol. The van der Waals surface area contributed by atoms with Crippen LogP contribution in [0.15, 0.2) is 41.3 Å². The normalized spacial score (nSPS) is 12.5. The number of carbonyl (C=O) groups excluding carboxylic acids is 1. The maximum absolute atomic E-state index is 12.8. The van der Waals surface area contributed by atoms with Gasteiger partial charge in [0.15, 0.2) is 0 Å². The Morgan fingerprint density at radius 1 is 1.15 bits per heavy atom. The standard InChI is InChI=1S/C20H25ClN2O3S/c1-5-6-15(4)22-20(24)16-8-9-17(21)19(12-16)27(25,26)23-18-10-7-13(2)11-14(18)3/h7-12,15,23H,5-6H2,1-4H3,(H,22,24)/t15-/m0/s1. The van der Waals surface area contributed by atoms with E-state index in [1.165, 1.54) is 18.2 Å². The summed E-state index contributed by atoms with van der Waals surface area (Å²) in [6.45, 7) is 7.71. The van der Waals surface area contributed by atoms with E-state index in [1.807, 2.05) is 39.8 Å². The van der Waals surface area contributed by atoms with Crippen LogP contribution in [0.1, 0.15) is 48.2 Å². The van der Waals surface area contributed by atoms with E-state index in [0.29, 0.717) is 5.69 Å². The highest BCUT2D eigenvalue weighted by Gasteiger charge is 2.21. The summed E-state index contributed by atoms with van der Waals surface area (Å²) < 4.78 is 28.2. The Kier molecular flexibility index (Phi) is 6.89. The van der Waals surface area contributed by atoms with Crippen LogP contribution in [0.25, 0.3) is 0 Å². The van der Waals surface area contributed by atoms with Crippen molar-refractivity contribution in [1.29, 1.82) is 0 Å². The van der Waals surface area contributed by atoms with Gasteiger partial charge in [-0.2, -0.15) is 0 Å². The minimum Gasteiger partial charge on any atom is -0.350 e. The summed E-state index contributed by atoms with van der Waals surface area (Å²) in [6, 6.07) is 9.68. The molecular formula is C20H25ClN2O3S. The van der Waals surface area contributed by atoms with Crippen LogP contribution in [0.2, 0.25) is 5.02 Å². The van der Waals surface area contributed by atoms with Gasteiger partial charge in [-0.3, -0.25) is 9.52 Å². The second kappa shape index (κ2) is 8.76. The molecule has 2 aromatic rings. The molecule has 0 bridgehead atoms. The minimum atomic E-state index is -3.94. The Morgan fingerprint density at radius 3 is 2.48 bits per heavy atom. The summed E-state index contributed by atoms with van der Waals surface area (Å²) >= 11 is 6.12. The van der Waals surface area contributed by atoms with Gasteiger partial charge >= 0.3 is 0 Å². The van der Waals surface area contributed by atoms with E-state index in [0.717, 1.165) is 24.0 Å². The molecule has 0 fully saturated rings. The number of hydrogen-bond acceptors (Lipinski definition) is 3. The Hall–Kier alpha value is -2.05. The van der Waals surface area contributed by atoms with Crippen molar-refractivity contribution in [3.05, 3.63) is 58.1 Å². The lowest BCUT2D eigenvalue weighted by molar-refractivity contribution is 0.0938. The predicted octanol–water partition coefficient (Wildman–Crippen LogP) is 4.68. The number of nitrogens with one attached hydrogen (secondary N) is 2. The second-order valence-corrected chi connectivity index (χ2v) is 8.79. The summed E-state index contributed by atoms with van der Waals surface area (Å²) in [6.07, 6.45) is 1.79. The first-order valence-electron chi connectivity index (χ1n) is 8.84. The molecule has 7 heteroatoms. The molecule has 5 nitrogen and oxygen atoms in total. The van der Waals surface area contributed by atoms with E-state index in [1.54, 1.807) is 6.07 Å². The number of rotatable bonds is 7. The summed E-state index contributed by atoms with van der Waals surface area (Å²) in [5, 5.41) is 2.92. The van der Waals surface area contributed by atoms with E-state index in [-0.39, 0.29) is 27.4 Å². The van der Waals surface area contributed by atoms with Gasteiger partial charge in [0.05, 0.1) is 10.7 Å². The van der Waals surface area contributed by atoms with Crippen molar-refractivity contribution in [3.8, 4) is 0 Å². The lowest BCUT2D eigenvalue weighted by Crippen LogP contribution is -2.32. The van der Waals surface area contributed by atoms with E-state index in [4.69, 9.17) is 11.6 Å². The van der Waals surface area contributed by atoms with Gasteiger partial charge in [-0.05, 0) is 57.0 Å². The SMILES string of the molecule is CCC[C@H](C)NC(=O)c1ccc(Cl)c(S(=O)(=O)Nc2ccc(C)cc2C)c1. The summed E-state index contributed by atoms with van der Waals surface area (Å²) in [4.78, 5) is 12.3. The highest BCUT2D eigenvalue weighted by molar-refractivity contribution is 7.92. The molecule has 0 aliphatic carbocycles. The molecule has 27 heavy (non-hydrogen) atoms. The molecule has 0 aliphatic heterocycles. The van der Waals surface area contributed by atoms with Crippen molar-refractivity contribution >= 4 is 33.2 Å². The van der Waals surface area contributed by atoms with Gasteiger partial charge in [-0.1, -0.05) is 42.6 Å². The van der Waals surface area contributed by atoms with Crippen molar-refractivity contribution in [2.24, 2.45) is 0 Å². The number of anilines is 1. The number of benzene rings is 2. The molecule has 0 aromatic heterocycles. The predicted molar refractivity (Wildman–Crippen MR) is 110 cm³/mol. The lowest BCUT2D eigenvalue weighted by atomic mass is 10.1. The molecule has 0 spiro atoms. The molecule has 0 heterocycles. The molecule has 146 valence electrons. The first-order chi connectivity index (χ1) is 12.6. The fourth-order valence-electron chi connectivity index (χ4n) is 2.79. The Morgan fingerprint density at radius 2 is 1.85 bits per heavy atom. The summed E-state index contributed by atoms with van der Waals surface area (Å²) in [5.41, 5.74) is 2.57. The first-order valence-corrected chi connectivity index (χ1v) is 10.7. The first kappa shape index (κ1) is 21.3. The van der Waals surface area contributed by atoms with Crippen LogP contribution in [0.5, 0.6) is 0 Å². The summed E-state index contributed by atoms with van der Waals surface area (Å²) in [7, 11) is -3.94. The number of amides is 1. The molecule has 0 unspecified atom stereocenters. The van der Waals surface area contributed by atoms with Crippen LogP contribution in [0.3, 0.4) is 0 Å². The molecule has 0 saturated carbocycles. The number of sulfonamides is 1. The van der Waals surface area contributed by atoms with E-state index in [9.17, 15) is 13.2 Å². The van der Waals surface area contributed by atoms with Crippen LogP contribution < -0.4 is 10.0 Å². The molecule has 2 N–H and O–H groups in total. The van der Waals surface area contributed by atoms with Crippen LogP contribution >= 0.6 is 11.6 Å². The molecular weight excluding hydrogens is 384 g/mol. The average molecular weight is 409 g/mol. The highest BCUT2D eigenvalue weighted by Crippen LogP contribution is 2.26. The van der Waals surface area contributed by atoms with Crippen LogP contribution in [-0.4, -0.2) is 20.4 Å². The minimum absolute atomic E-state index is 0.00608. The van der Waals surface area contributed by atoms with Crippen molar-refractivity contribution in [2.45, 2.75) is 51.5 Å². The smallest absolute Gasteiger partial charge is 0.263 e. The van der Waals surface area contributed by atoms with Gasteiger partial charge < -0.3 is 5.32 Å². The van der Waals surface area contributed by atoms with Crippen molar-refractivity contribution in [1.82, 2.24) is 5.32 Å². The number of carbonyl (C=O) groups is 1. The molecule has 2 aromatic carbocycles. The zero-order chi connectivity index (χ0) is 20.2. The van der Waals surface area contributed by atoms with Gasteiger partial charge in [0.25, 0.3) is 15.9 Å². The van der Waals surface area contributed by atoms with Crippen LogP contribution in [0.4, 0.5) is 5.69 Å². The third kappa shape index (κ3) is 5.47. The van der Waals surface area contributed by atoms with E-state index >= 15 is 0 Å². The van der Waals surface area contributed by atoms with Gasteiger partial charge in [-0.25, -0.2) is 8.42 Å². The molecule has 1 amide bonds. The van der Waals surface area contributed by atoms with Crippen LogP contribution in [0, 0.1) is 13.8 Å². The third-order valence-corrected chi connectivity index (χ3v) is 6.06. The quantitative estimate of drug-likeness (QED) is 0.698.